The lowest BCUT2D eigenvalue weighted by atomic mass is 10.2. The number of aliphatic hydroxyl groups excluding tert-OH is 1. The predicted molar refractivity (Wildman–Crippen MR) is 73.5 cm³/mol. The summed E-state index contributed by atoms with van der Waals surface area (Å²) in [6.45, 7) is 1.50. The largest absolute Gasteiger partial charge is 0.465 e. The van der Waals surface area contributed by atoms with E-state index in [-0.39, 0.29) is 24.5 Å². The van der Waals surface area contributed by atoms with Crippen LogP contribution >= 0.6 is 0 Å². The summed E-state index contributed by atoms with van der Waals surface area (Å²) in [6, 6.07) is 5.50. The average Bonchev–Trinajstić information content (AvgIpc) is 2.79. The normalized spacial score (nSPS) is 22.5. The summed E-state index contributed by atoms with van der Waals surface area (Å²) in [5, 5.41) is 18.5. The summed E-state index contributed by atoms with van der Waals surface area (Å²) in [5.41, 5.74) is 0.921. The number of β-amino-alcohol motifs (C(OH)–C–C–N with tert-alkyl or cyclic N) is 1. The van der Waals surface area contributed by atoms with Crippen LogP contribution in [0.2, 0.25) is 0 Å². The maximum absolute atomic E-state index is 12.0. The fourth-order valence-electron chi connectivity index (χ4n) is 2.23. The van der Waals surface area contributed by atoms with Crippen molar-refractivity contribution in [1.29, 1.82) is 0 Å². The second-order valence-corrected chi connectivity index (χ2v) is 6.65. The molecule has 0 spiro atoms. The van der Waals surface area contributed by atoms with Gasteiger partial charge in [-0.25, -0.2) is 4.79 Å². The number of benzene rings is 1. The molecule has 0 aliphatic carbocycles. The van der Waals surface area contributed by atoms with Gasteiger partial charge in [-0.05, 0) is 25.5 Å². The molecule has 0 saturated carbocycles. The molecule has 1 aromatic carbocycles. The highest BCUT2D eigenvalue weighted by Gasteiger charge is 2.35. The third-order valence-corrected chi connectivity index (χ3v) is 4.66. The van der Waals surface area contributed by atoms with Crippen molar-refractivity contribution in [3.8, 4) is 0 Å². The van der Waals surface area contributed by atoms with Gasteiger partial charge in [0.2, 0.25) is 0 Å². The van der Waals surface area contributed by atoms with E-state index in [0.29, 0.717) is 0 Å². The first-order chi connectivity index (χ1) is 9.79. The standard InChI is InChI=1S/C13H17NO6S/c1-9-2-4-12(5-3-9)21(18,19)20-8-10-6-11(15)7-14(10)13(16)17/h2-5,10-11,15H,6-8H2,1H3,(H,16,17). The molecule has 1 aromatic rings. The van der Waals surface area contributed by atoms with E-state index in [4.69, 9.17) is 9.29 Å². The molecule has 2 unspecified atom stereocenters. The number of carbonyl (C=O) groups is 1. The summed E-state index contributed by atoms with van der Waals surface area (Å²) in [4.78, 5) is 12.0. The number of hydrogen-bond acceptors (Lipinski definition) is 5. The van der Waals surface area contributed by atoms with Gasteiger partial charge in [0, 0.05) is 0 Å². The molecule has 1 heterocycles. The van der Waals surface area contributed by atoms with Crippen LogP contribution in [0.15, 0.2) is 29.2 Å². The fourth-order valence-corrected chi connectivity index (χ4v) is 3.17. The van der Waals surface area contributed by atoms with Crippen LogP contribution in [-0.2, 0) is 14.3 Å². The average molecular weight is 315 g/mol. The van der Waals surface area contributed by atoms with E-state index >= 15 is 0 Å². The number of rotatable bonds is 4. The summed E-state index contributed by atoms with van der Waals surface area (Å²) >= 11 is 0. The van der Waals surface area contributed by atoms with Gasteiger partial charge in [0.05, 0.1) is 30.2 Å². The molecular weight excluding hydrogens is 298 g/mol. The molecule has 21 heavy (non-hydrogen) atoms. The van der Waals surface area contributed by atoms with E-state index in [9.17, 15) is 18.3 Å². The third-order valence-electron chi connectivity index (χ3n) is 3.36. The van der Waals surface area contributed by atoms with E-state index in [1.165, 1.54) is 12.1 Å². The zero-order chi connectivity index (χ0) is 15.6. The first-order valence-electron chi connectivity index (χ1n) is 6.43. The Morgan fingerprint density at radius 1 is 1.38 bits per heavy atom. The SMILES string of the molecule is Cc1ccc(S(=O)(=O)OCC2CC(O)CN2C(=O)O)cc1. The van der Waals surface area contributed by atoms with Crippen molar-refractivity contribution in [2.45, 2.75) is 30.4 Å². The minimum Gasteiger partial charge on any atom is -0.465 e. The van der Waals surface area contributed by atoms with E-state index < -0.39 is 28.4 Å². The van der Waals surface area contributed by atoms with Gasteiger partial charge in [-0.2, -0.15) is 8.42 Å². The van der Waals surface area contributed by atoms with Gasteiger partial charge >= 0.3 is 6.09 Å². The molecule has 0 aromatic heterocycles. The van der Waals surface area contributed by atoms with Crippen molar-refractivity contribution in [3.63, 3.8) is 0 Å². The van der Waals surface area contributed by atoms with Crippen molar-refractivity contribution in [2.24, 2.45) is 0 Å². The van der Waals surface area contributed by atoms with Crippen molar-refractivity contribution >= 4 is 16.2 Å². The second kappa shape index (κ2) is 6.00. The molecule has 1 aliphatic rings. The lowest BCUT2D eigenvalue weighted by Gasteiger charge is -2.20. The highest BCUT2D eigenvalue weighted by molar-refractivity contribution is 7.86. The molecule has 2 atom stereocenters. The maximum atomic E-state index is 12.0. The maximum Gasteiger partial charge on any atom is 0.407 e. The number of aliphatic hydroxyl groups is 1. The third kappa shape index (κ3) is 3.72. The molecular formula is C13H17NO6S. The Labute approximate surface area is 122 Å². The van der Waals surface area contributed by atoms with Crippen LogP contribution in [-0.4, -0.2) is 54.9 Å². The molecule has 2 rings (SSSR count). The summed E-state index contributed by atoms with van der Waals surface area (Å²) in [7, 11) is -3.93. The van der Waals surface area contributed by atoms with Gasteiger partial charge in [-0.1, -0.05) is 17.7 Å². The van der Waals surface area contributed by atoms with Crippen LogP contribution < -0.4 is 0 Å². The molecule has 0 radical (unpaired) electrons. The van der Waals surface area contributed by atoms with Crippen LogP contribution in [0, 0.1) is 6.92 Å². The molecule has 8 heteroatoms. The summed E-state index contributed by atoms with van der Waals surface area (Å²) in [6.07, 6.45) is -1.83. The smallest absolute Gasteiger partial charge is 0.407 e. The van der Waals surface area contributed by atoms with Crippen LogP contribution in [0.5, 0.6) is 0 Å². The van der Waals surface area contributed by atoms with Crippen LogP contribution in [0.4, 0.5) is 4.79 Å². The Balaban J connectivity index is 2.04. The lowest BCUT2D eigenvalue weighted by molar-refractivity contribution is 0.120. The van der Waals surface area contributed by atoms with Crippen LogP contribution in [0.25, 0.3) is 0 Å². The second-order valence-electron chi connectivity index (χ2n) is 5.03. The van der Waals surface area contributed by atoms with Gasteiger partial charge in [0.25, 0.3) is 10.1 Å². The first-order valence-corrected chi connectivity index (χ1v) is 7.84. The Morgan fingerprint density at radius 2 is 2.00 bits per heavy atom. The van der Waals surface area contributed by atoms with Crippen molar-refractivity contribution < 1.29 is 27.6 Å². The van der Waals surface area contributed by atoms with Gasteiger partial charge in [-0.3, -0.25) is 4.18 Å². The van der Waals surface area contributed by atoms with Crippen molar-refractivity contribution in [3.05, 3.63) is 29.8 Å². The molecule has 0 bridgehead atoms. The number of aryl methyl sites for hydroxylation is 1. The van der Waals surface area contributed by atoms with Crippen LogP contribution in [0.3, 0.4) is 0 Å². The quantitative estimate of drug-likeness (QED) is 0.797. The minimum absolute atomic E-state index is 0.0218. The van der Waals surface area contributed by atoms with E-state index in [2.05, 4.69) is 0 Å². The molecule has 1 aliphatic heterocycles. The highest BCUT2D eigenvalue weighted by atomic mass is 32.2. The molecule has 2 N–H and O–H groups in total. The molecule has 116 valence electrons. The van der Waals surface area contributed by atoms with E-state index in [0.717, 1.165) is 10.5 Å². The summed E-state index contributed by atoms with van der Waals surface area (Å²) < 4.78 is 28.9. The topological polar surface area (TPSA) is 104 Å². The number of hydrogen-bond donors (Lipinski definition) is 2. The van der Waals surface area contributed by atoms with Gasteiger partial charge in [0.1, 0.15) is 0 Å². The summed E-state index contributed by atoms with van der Waals surface area (Å²) in [5.74, 6) is 0. The minimum atomic E-state index is -3.93. The Hall–Kier alpha value is -1.64. The number of carboxylic acid groups (broad SMARTS) is 1. The van der Waals surface area contributed by atoms with Gasteiger partial charge in [-0.15, -0.1) is 0 Å². The Kier molecular flexibility index (Phi) is 4.50. The first kappa shape index (κ1) is 15.7. The number of nitrogens with zero attached hydrogens (tertiary/aromatic N) is 1. The predicted octanol–water partition coefficient (Wildman–Crippen LogP) is 0.814. The highest BCUT2D eigenvalue weighted by Crippen LogP contribution is 2.20. The monoisotopic (exact) mass is 315 g/mol. The van der Waals surface area contributed by atoms with Gasteiger partial charge in [0.15, 0.2) is 0 Å². The molecule has 1 saturated heterocycles. The zero-order valence-electron chi connectivity index (χ0n) is 11.5. The molecule has 1 fully saturated rings. The lowest BCUT2D eigenvalue weighted by Crippen LogP contribution is -2.38. The van der Waals surface area contributed by atoms with Crippen molar-refractivity contribution in [1.82, 2.24) is 4.90 Å². The van der Waals surface area contributed by atoms with E-state index in [1.807, 2.05) is 6.92 Å². The van der Waals surface area contributed by atoms with E-state index in [1.54, 1.807) is 12.1 Å². The zero-order valence-corrected chi connectivity index (χ0v) is 12.3. The van der Waals surface area contributed by atoms with Crippen LogP contribution in [0.1, 0.15) is 12.0 Å². The van der Waals surface area contributed by atoms with Gasteiger partial charge < -0.3 is 15.1 Å². The molecule has 1 amide bonds. The fraction of sp³-hybridized carbons (Fsp3) is 0.462. The van der Waals surface area contributed by atoms with Crippen molar-refractivity contribution in [2.75, 3.05) is 13.2 Å². The number of likely N-dealkylation sites (tertiary alicyclic amines) is 1. The molecule has 7 nitrogen and oxygen atoms in total. The Morgan fingerprint density at radius 3 is 2.57 bits per heavy atom. The number of amides is 1. The Bertz CT molecular complexity index is 612.